The highest BCUT2D eigenvalue weighted by atomic mass is 79.9. The van der Waals surface area contributed by atoms with Crippen LogP contribution in [0, 0.1) is 0 Å². The Kier molecular flexibility index (Phi) is 8.54. The van der Waals surface area contributed by atoms with E-state index in [2.05, 4.69) is 36.9 Å². The zero-order valence-corrected chi connectivity index (χ0v) is 14.7. The number of nitrogens with zero attached hydrogens (tertiary/aromatic N) is 1. The summed E-state index contributed by atoms with van der Waals surface area (Å²) in [5.41, 5.74) is 0.638. The normalized spacial score (nSPS) is 12.6. The number of nitrogens with one attached hydrogen (secondary N) is 3. The van der Waals surface area contributed by atoms with Crippen molar-refractivity contribution in [2.45, 2.75) is 13.0 Å². The first-order valence-corrected chi connectivity index (χ1v) is 7.86. The Morgan fingerprint density at radius 1 is 1.27 bits per heavy atom. The number of hydrogen-bond acceptors (Lipinski definition) is 3. The minimum atomic E-state index is -0.0926. The molecule has 0 aliphatic heterocycles. The monoisotopic (exact) mass is 370 g/mol. The van der Waals surface area contributed by atoms with Crippen LogP contribution in [0.3, 0.4) is 0 Å². The van der Waals surface area contributed by atoms with Gasteiger partial charge < -0.3 is 20.7 Å². The van der Waals surface area contributed by atoms with Crippen LogP contribution in [0.5, 0.6) is 0 Å². The maximum atomic E-state index is 11.9. The maximum Gasteiger partial charge on any atom is 0.251 e. The molecule has 0 aliphatic carbocycles. The molecule has 0 radical (unpaired) electrons. The highest BCUT2D eigenvalue weighted by Crippen LogP contribution is 2.10. The van der Waals surface area contributed by atoms with Gasteiger partial charge in [-0.2, -0.15) is 0 Å². The molecule has 0 aromatic heterocycles. The minimum absolute atomic E-state index is 0.0926. The van der Waals surface area contributed by atoms with Crippen LogP contribution in [0.1, 0.15) is 17.3 Å². The summed E-state index contributed by atoms with van der Waals surface area (Å²) in [6.07, 6.45) is 0. The lowest BCUT2D eigenvalue weighted by atomic mass is 10.2. The van der Waals surface area contributed by atoms with Crippen LogP contribution in [-0.2, 0) is 4.74 Å². The van der Waals surface area contributed by atoms with Crippen molar-refractivity contribution in [3.05, 3.63) is 34.3 Å². The Labute approximate surface area is 139 Å². The molecule has 0 saturated heterocycles. The van der Waals surface area contributed by atoms with Gasteiger partial charge in [0.1, 0.15) is 0 Å². The molecular formula is C15H23BrN4O2. The van der Waals surface area contributed by atoms with Crippen LogP contribution in [-0.4, -0.2) is 51.8 Å². The largest absolute Gasteiger partial charge is 0.383 e. The van der Waals surface area contributed by atoms with Crippen molar-refractivity contribution in [1.82, 2.24) is 16.0 Å². The van der Waals surface area contributed by atoms with Gasteiger partial charge in [0.15, 0.2) is 5.96 Å². The number of ether oxygens (including phenoxy) is 1. The third-order valence-electron chi connectivity index (χ3n) is 2.83. The third-order valence-corrected chi connectivity index (χ3v) is 3.36. The molecule has 1 aromatic carbocycles. The molecule has 122 valence electrons. The molecule has 0 spiro atoms. The van der Waals surface area contributed by atoms with Crippen molar-refractivity contribution in [1.29, 1.82) is 0 Å². The Balaban J connectivity index is 2.28. The van der Waals surface area contributed by atoms with E-state index in [4.69, 9.17) is 4.74 Å². The number of halogens is 1. The average molecular weight is 371 g/mol. The number of carbonyl (C=O) groups excluding carboxylic acids is 1. The van der Waals surface area contributed by atoms with Gasteiger partial charge in [0.2, 0.25) is 0 Å². The molecule has 22 heavy (non-hydrogen) atoms. The second-order valence-electron chi connectivity index (χ2n) is 4.76. The van der Waals surface area contributed by atoms with Gasteiger partial charge in [0, 0.05) is 43.3 Å². The van der Waals surface area contributed by atoms with Crippen LogP contribution in [0.15, 0.2) is 33.7 Å². The lowest BCUT2D eigenvalue weighted by Gasteiger charge is -2.17. The number of guanidine groups is 1. The third kappa shape index (κ3) is 6.91. The minimum Gasteiger partial charge on any atom is -0.383 e. The van der Waals surface area contributed by atoms with E-state index < -0.39 is 0 Å². The van der Waals surface area contributed by atoms with Gasteiger partial charge in [-0.3, -0.25) is 9.79 Å². The Hall–Kier alpha value is -1.60. The summed E-state index contributed by atoms with van der Waals surface area (Å²) in [5, 5.41) is 9.18. The predicted molar refractivity (Wildman–Crippen MR) is 92.3 cm³/mol. The second kappa shape index (κ2) is 10.2. The quantitative estimate of drug-likeness (QED) is 0.385. The number of benzene rings is 1. The SMILES string of the molecule is CN=C(NCCNC(=O)c1ccc(Br)cc1)NC(C)COC. The predicted octanol–water partition coefficient (Wildman–Crippen LogP) is 1.38. The average Bonchev–Trinajstić information content (AvgIpc) is 2.51. The number of methoxy groups -OCH3 is 1. The van der Waals surface area contributed by atoms with E-state index in [0.29, 0.717) is 31.2 Å². The van der Waals surface area contributed by atoms with Crippen LogP contribution >= 0.6 is 15.9 Å². The van der Waals surface area contributed by atoms with Crippen LogP contribution in [0.4, 0.5) is 0 Å². The summed E-state index contributed by atoms with van der Waals surface area (Å²) in [6, 6.07) is 7.40. The smallest absolute Gasteiger partial charge is 0.251 e. The van der Waals surface area contributed by atoms with Crippen molar-refractivity contribution < 1.29 is 9.53 Å². The number of carbonyl (C=O) groups is 1. The number of amides is 1. The van der Waals surface area contributed by atoms with E-state index in [1.807, 2.05) is 19.1 Å². The Morgan fingerprint density at radius 2 is 1.91 bits per heavy atom. The molecule has 0 fully saturated rings. The van der Waals surface area contributed by atoms with Crippen molar-refractivity contribution in [3.8, 4) is 0 Å². The molecule has 1 aromatic rings. The molecule has 0 saturated carbocycles. The molecule has 0 aliphatic rings. The highest BCUT2D eigenvalue weighted by Gasteiger charge is 2.06. The van der Waals surface area contributed by atoms with Crippen molar-refractivity contribution in [3.63, 3.8) is 0 Å². The fourth-order valence-electron chi connectivity index (χ4n) is 1.78. The van der Waals surface area contributed by atoms with E-state index in [1.54, 1.807) is 26.3 Å². The van der Waals surface area contributed by atoms with Gasteiger partial charge in [0.25, 0.3) is 5.91 Å². The zero-order chi connectivity index (χ0) is 16.4. The number of aliphatic imine (C=N–C) groups is 1. The molecule has 7 heteroatoms. The first-order chi connectivity index (χ1) is 10.6. The fraction of sp³-hybridized carbons (Fsp3) is 0.467. The summed E-state index contributed by atoms with van der Waals surface area (Å²) >= 11 is 3.34. The first-order valence-electron chi connectivity index (χ1n) is 7.06. The zero-order valence-electron chi connectivity index (χ0n) is 13.1. The van der Waals surface area contributed by atoms with E-state index in [-0.39, 0.29) is 11.9 Å². The maximum absolute atomic E-state index is 11.9. The van der Waals surface area contributed by atoms with E-state index in [0.717, 1.165) is 4.47 Å². The molecule has 1 rings (SSSR count). The summed E-state index contributed by atoms with van der Waals surface area (Å²) in [6.45, 7) is 3.70. The van der Waals surface area contributed by atoms with E-state index >= 15 is 0 Å². The second-order valence-corrected chi connectivity index (χ2v) is 5.68. The van der Waals surface area contributed by atoms with Crippen molar-refractivity contribution >= 4 is 27.8 Å². The fourth-order valence-corrected chi connectivity index (χ4v) is 2.04. The molecule has 1 unspecified atom stereocenters. The summed E-state index contributed by atoms with van der Waals surface area (Å²) in [7, 11) is 3.36. The molecule has 6 nitrogen and oxygen atoms in total. The molecule has 1 amide bonds. The topological polar surface area (TPSA) is 74.8 Å². The van der Waals surface area contributed by atoms with Gasteiger partial charge in [-0.15, -0.1) is 0 Å². The van der Waals surface area contributed by atoms with Gasteiger partial charge >= 0.3 is 0 Å². The molecular weight excluding hydrogens is 348 g/mol. The van der Waals surface area contributed by atoms with Gasteiger partial charge in [-0.1, -0.05) is 15.9 Å². The van der Waals surface area contributed by atoms with Crippen molar-refractivity contribution in [2.75, 3.05) is 33.9 Å². The summed E-state index contributed by atoms with van der Waals surface area (Å²) < 4.78 is 6.01. The first kappa shape index (κ1) is 18.4. The molecule has 3 N–H and O–H groups in total. The van der Waals surface area contributed by atoms with Crippen LogP contribution < -0.4 is 16.0 Å². The Morgan fingerprint density at radius 3 is 2.50 bits per heavy atom. The van der Waals surface area contributed by atoms with E-state index in [1.165, 1.54) is 0 Å². The molecule has 1 atom stereocenters. The van der Waals surface area contributed by atoms with E-state index in [9.17, 15) is 4.79 Å². The summed E-state index contributed by atoms with van der Waals surface area (Å²) in [5.74, 6) is 0.590. The van der Waals surface area contributed by atoms with Crippen LogP contribution in [0.2, 0.25) is 0 Å². The van der Waals surface area contributed by atoms with Gasteiger partial charge in [-0.05, 0) is 31.2 Å². The van der Waals surface area contributed by atoms with Gasteiger partial charge in [-0.25, -0.2) is 0 Å². The lowest BCUT2D eigenvalue weighted by Crippen LogP contribution is -2.46. The number of rotatable bonds is 7. The highest BCUT2D eigenvalue weighted by molar-refractivity contribution is 9.10. The Bertz CT molecular complexity index is 491. The van der Waals surface area contributed by atoms with Gasteiger partial charge in [0.05, 0.1) is 6.61 Å². The molecule has 0 heterocycles. The molecule has 0 bridgehead atoms. The van der Waals surface area contributed by atoms with Crippen molar-refractivity contribution in [2.24, 2.45) is 4.99 Å². The standard InChI is InChI=1S/C15H23BrN4O2/c1-11(10-22-3)20-15(17-2)19-9-8-18-14(21)12-4-6-13(16)7-5-12/h4-7,11H,8-10H2,1-3H3,(H,18,21)(H2,17,19,20). The lowest BCUT2D eigenvalue weighted by molar-refractivity contribution is 0.0954. The van der Waals surface area contributed by atoms with Crippen LogP contribution in [0.25, 0.3) is 0 Å². The number of hydrogen-bond donors (Lipinski definition) is 3. The summed E-state index contributed by atoms with van der Waals surface area (Å²) in [4.78, 5) is 16.0.